The van der Waals surface area contributed by atoms with Gasteiger partial charge in [0.2, 0.25) is 5.91 Å². The maximum absolute atomic E-state index is 11.9. The molecule has 1 aromatic heterocycles. The Hall–Kier alpha value is -1.29. The number of hydrogen-bond acceptors (Lipinski definition) is 3. The van der Waals surface area contributed by atoms with Gasteiger partial charge in [-0.3, -0.25) is 4.79 Å². The highest BCUT2D eigenvalue weighted by atomic mass is 16.3. The van der Waals surface area contributed by atoms with Crippen molar-refractivity contribution in [1.82, 2.24) is 10.2 Å². The summed E-state index contributed by atoms with van der Waals surface area (Å²) in [5, 5.41) is 3.27. The molecule has 2 rings (SSSR count). The normalized spacial score (nSPS) is 15.7. The number of furan rings is 1. The third-order valence-corrected chi connectivity index (χ3v) is 3.59. The molecular weight excluding hydrogens is 240 g/mol. The summed E-state index contributed by atoms with van der Waals surface area (Å²) in [5.74, 6) is 2.24. The standard InChI is InChI=1S/C15H24N2O2/c1-2-13-6-7-14(19-13)12-16-9-8-15(18)17-10-4-3-5-11-17/h6-7,16H,2-5,8-12H2,1H3. The first-order valence-electron chi connectivity index (χ1n) is 7.35. The van der Waals surface area contributed by atoms with E-state index >= 15 is 0 Å². The number of carbonyl (C=O) groups is 1. The van der Waals surface area contributed by atoms with Crippen LogP contribution in [0.1, 0.15) is 44.1 Å². The minimum Gasteiger partial charge on any atom is -0.465 e. The molecule has 0 saturated carbocycles. The first-order valence-corrected chi connectivity index (χ1v) is 7.35. The predicted molar refractivity (Wildman–Crippen MR) is 74.8 cm³/mol. The summed E-state index contributed by atoms with van der Waals surface area (Å²) in [6, 6.07) is 4.01. The average Bonchev–Trinajstić information content (AvgIpc) is 2.92. The molecule has 19 heavy (non-hydrogen) atoms. The highest BCUT2D eigenvalue weighted by molar-refractivity contribution is 5.76. The molecule has 1 saturated heterocycles. The number of aryl methyl sites for hydroxylation is 1. The Kier molecular flexibility index (Phi) is 5.45. The fourth-order valence-corrected chi connectivity index (χ4v) is 2.42. The molecule has 4 heteroatoms. The van der Waals surface area contributed by atoms with Crippen LogP contribution in [0.3, 0.4) is 0 Å². The van der Waals surface area contributed by atoms with Gasteiger partial charge in [0.15, 0.2) is 0 Å². The lowest BCUT2D eigenvalue weighted by atomic mass is 10.1. The van der Waals surface area contributed by atoms with Crippen LogP contribution >= 0.6 is 0 Å². The van der Waals surface area contributed by atoms with E-state index < -0.39 is 0 Å². The zero-order valence-electron chi connectivity index (χ0n) is 11.8. The van der Waals surface area contributed by atoms with Crippen molar-refractivity contribution < 1.29 is 9.21 Å². The van der Waals surface area contributed by atoms with Crippen LogP contribution in [0, 0.1) is 0 Å². The maximum atomic E-state index is 11.9. The minimum absolute atomic E-state index is 0.279. The number of rotatable bonds is 6. The summed E-state index contributed by atoms with van der Waals surface area (Å²) in [4.78, 5) is 13.9. The van der Waals surface area contributed by atoms with E-state index in [1.165, 1.54) is 6.42 Å². The van der Waals surface area contributed by atoms with Gasteiger partial charge in [0.1, 0.15) is 11.5 Å². The Balaban J connectivity index is 1.62. The maximum Gasteiger partial charge on any atom is 0.223 e. The second-order valence-electron chi connectivity index (χ2n) is 5.09. The molecule has 0 unspecified atom stereocenters. The molecule has 1 aromatic rings. The monoisotopic (exact) mass is 264 g/mol. The summed E-state index contributed by atoms with van der Waals surface area (Å²) < 4.78 is 5.60. The van der Waals surface area contributed by atoms with Crippen LogP contribution in [0.15, 0.2) is 16.5 Å². The van der Waals surface area contributed by atoms with Gasteiger partial charge in [-0.15, -0.1) is 0 Å². The van der Waals surface area contributed by atoms with E-state index in [2.05, 4.69) is 12.2 Å². The molecule has 1 amide bonds. The zero-order chi connectivity index (χ0) is 13.5. The minimum atomic E-state index is 0.279. The average molecular weight is 264 g/mol. The van der Waals surface area contributed by atoms with Crippen molar-refractivity contribution in [3.05, 3.63) is 23.7 Å². The van der Waals surface area contributed by atoms with Crippen LogP contribution < -0.4 is 5.32 Å². The van der Waals surface area contributed by atoms with Crippen LogP contribution in [0.2, 0.25) is 0 Å². The Bertz CT molecular complexity index is 395. The zero-order valence-corrected chi connectivity index (χ0v) is 11.8. The lowest BCUT2D eigenvalue weighted by Crippen LogP contribution is -2.37. The quantitative estimate of drug-likeness (QED) is 0.802. The lowest BCUT2D eigenvalue weighted by molar-refractivity contribution is -0.131. The summed E-state index contributed by atoms with van der Waals surface area (Å²) in [5.41, 5.74) is 0. The molecule has 1 fully saturated rings. The van der Waals surface area contributed by atoms with Gasteiger partial charge in [0, 0.05) is 32.5 Å². The molecule has 0 aliphatic carbocycles. The van der Waals surface area contributed by atoms with E-state index in [0.717, 1.165) is 50.4 Å². The van der Waals surface area contributed by atoms with E-state index in [-0.39, 0.29) is 5.91 Å². The van der Waals surface area contributed by atoms with Crippen LogP contribution in [0.25, 0.3) is 0 Å². The molecule has 106 valence electrons. The van der Waals surface area contributed by atoms with Crippen molar-refractivity contribution >= 4 is 5.91 Å². The van der Waals surface area contributed by atoms with Crippen LogP contribution in [0.5, 0.6) is 0 Å². The number of hydrogen-bond donors (Lipinski definition) is 1. The third-order valence-electron chi connectivity index (χ3n) is 3.59. The van der Waals surface area contributed by atoms with Crippen molar-refractivity contribution in [2.45, 2.75) is 45.6 Å². The Labute approximate surface area is 115 Å². The van der Waals surface area contributed by atoms with E-state index in [4.69, 9.17) is 4.42 Å². The van der Waals surface area contributed by atoms with Gasteiger partial charge >= 0.3 is 0 Å². The summed E-state index contributed by atoms with van der Waals surface area (Å²) >= 11 is 0. The molecule has 4 nitrogen and oxygen atoms in total. The summed E-state index contributed by atoms with van der Waals surface area (Å²) in [6.45, 7) is 5.38. The Morgan fingerprint density at radius 1 is 1.26 bits per heavy atom. The molecule has 2 heterocycles. The molecule has 0 aromatic carbocycles. The van der Waals surface area contributed by atoms with Gasteiger partial charge in [-0.05, 0) is 31.4 Å². The number of amides is 1. The van der Waals surface area contributed by atoms with Gasteiger partial charge in [0.25, 0.3) is 0 Å². The van der Waals surface area contributed by atoms with Crippen LogP contribution in [-0.2, 0) is 17.8 Å². The molecule has 0 spiro atoms. The molecule has 0 atom stereocenters. The third kappa shape index (κ3) is 4.39. The first kappa shape index (κ1) is 14.1. The van der Waals surface area contributed by atoms with Crippen LogP contribution in [0.4, 0.5) is 0 Å². The van der Waals surface area contributed by atoms with Crippen molar-refractivity contribution in [1.29, 1.82) is 0 Å². The van der Waals surface area contributed by atoms with E-state index in [9.17, 15) is 4.79 Å². The molecule has 1 N–H and O–H groups in total. The molecule has 0 bridgehead atoms. The Morgan fingerprint density at radius 2 is 2.00 bits per heavy atom. The molecule has 1 aliphatic rings. The van der Waals surface area contributed by atoms with Crippen LogP contribution in [-0.4, -0.2) is 30.4 Å². The second kappa shape index (κ2) is 7.34. The van der Waals surface area contributed by atoms with Gasteiger partial charge < -0.3 is 14.6 Å². The fourth-order valence-electron chi connectivity index (χ4n) is 2.42. The van der Waals surface area contributed by atoms with Crippen molar-refractivity contribution in [3.63, 3.8) is 0 Å². The highest BCUT2D eigenvalue weighted by Crippen LogP contribution is 2.10. The SMILES string of the molecule is CCc1ccc(CNCCC(=O)N2CCCCC2)o1. The van der Waals surface area contributed by atoms with E-state index in [1.807, 2.05) is 17.0 Å². The van der Waals surface area contributed by atoms with Gasteiger partial charge in [0.05, 0.1) is 6.54 Å². The van der Waals surface area contributed by atoms with Crippen molar-refractivity contribution in [2.24, 2.45) is 0 Å². The second-order valence-corrected chi connectivity index (χ2v) is 5.09. The van der Waals surface area contributed by atoms with Gasteiger partial charge in [-0.2, -0.15) is 0 Å². The van der Waals surface area contributed by atoms with Gasteiger partial charge in [-0.25, -0.2) is 0 Å². The largest absolute Gasteiger partial charge is 0.465 e. The summed E-state index contributed by atoms with van der Waals surface area (Å²) in [6.07, 6.45) is 5.09. The predicted octanol–water partition coefficient (Wildman–Crippen LogP) is 2.33. The van der Waals surface area contributed by atoms with E-state index in [1.54, 1.807) is 0 Å². The number of nitrogens with one attached hydrogen (secondary N) is 1. The highest BCUT2D eigenvalue weighted by Gasteiger charge is 2.15. The first-order chi connectivity index (χ1) is 9.29. The lowest BCUT2D eigenvalue weighted by Gasteiger charge is -2.26. The number of nitrogens with zero attached hydrogens (tertiary/aromatic N) is 1. The van der Waals surface area contributed by atoms with Gasteiger partial charge in [-0.1, -0.05) is 6.92 Å². The molecule has 1 aliphatic heterocycles. The Morgan fingerprint density at radius 3 is 2.68 bits per heavy atom. The summed E-state index contributed by atoms with van der Waals surface area (Å²) in [7, 11) is 0. The number of carbonyl (C=O) groups excluding carboxylic acids is 1. The molecular formula is C15H24N2O2. The van der Waals surface area contributed by atoms with Crippen molar-refractivity contribution in [2.75, 3.05) is 19.6 Å². The fraction of sp³-hybridized carbons (Fsp3) is 0.667. The number of likely N-dealkylation sites (tertiary alicyclic amines) is 1. The van der Waals surface area contributed by atoms with E-state index in [0.29, 0.717) is 13.0 Å². The molecule has 0 radical (unpaired) electrons. The topological polar surface area (TPSA) is 45.5 Å². The smallest absolute Gasteiger partial charge is 0.223 e. The van der Waals surface area contributed by atoms with Crippen molar-refractivity contribution in [3.8, 4) is 0 Å². The number of piperidine rings is 1.